The summed E-state index contributed by atoms with van der Waals surface area (Å²) in [5.74, 6) is 6.12. The van der Waals surface area contributed by atoms with Crippen LogP contribution in [0.15, 0.2) is 85.2 Å². The number of amides is 1. The number of hydrogen-bond acceptors (Lipinski definition) is 3. The Morgan fingerprint density at radius 1 is 0.926 bits per heavy atom. The van der Waals surface area contributed by atoms with Crippen LogP contribution in [0.1, 0.15) is 23.6 Å². The summed E-state index contributed by atoms with van der Waals surface area (Å²) >= 11 is 0. The number of nitrogens with one attached hydrogen (secondary N) is 1. The van der Waals surface area contributed by atoms with Crippen molar-refractivity contribution in [3.8, 4) is 11.8 Å². The molecule has 0 unspecified atom stereocenters. The fourth-order valence-corrected chi connectivity index (χ4v) is 2.57. The lowest BCUT2D eigenvalue weighted by Crippen LogP contribution is -2.25. The smallest absolute Gasteiger partial charge is 0.408 e. The van der Waals surface area contributed by atoms with Gasteiger partial charge in [0.15, 0.2) is 5.60 Å². The Hall–Kier alpha value is -3.58. The minimum atomic E-state index is -0.502. The Bertz CT molecular complexity index is 888. The predicted octanol–water partition coefficient (Wildman–Crippen LogP) is 4.12. The van der Waals surface area contributed by atoms with Gasteiger partial charge >= 0.3 is 6.09 Å². The average molecular weight is 356 g/mol. The number of hydrogen-bond donors (Lipinski definition) is 1. The summed E-state index contributed by atoms with van der Waals surface area (Å²) in [5, 5.41) is 2.65. The van der Waals surface area contributed by atoms with E-state index in [1.807, 2.05) is 79.7 Å². The number of alkyl carbamates (subject to hydrolysis) is 1. The van der Waals surface area contributed by atoms with Gasteiger partial charge in [-0.3, -0.25) is 4.98 Å². The molecule has 1 fully saturated rings. The quantitative estimate of drug-likeness (QED) is 0.667. The van der Waals surface area contributed by atoms with E-state index in [9.17, 15) is 4.79 Å². The highest BCUT2D eigenvalue weighted by atomic mass is 16.6. The third-order valence-electron chi connectivity index (χ3n) is 4.06. The lowest BCUT2D eigenvalue weighted by molar-refractivity contribution is 0.0704. The second-order valence-corrected chi connectivity index (χ2v) is 6.20. The van der Waals surface area contributed by atoms with E-state index >= 15 is 0 Å². The fourth-order valence-electron chi connectivity index (χ4n) is 2.57. The normalized spacial score (nSPS) is 17.4. The minimum absolute atomic E-state index is 0.341. The van der Waals surface area contributed by atoms with Gasteiger partial charge in [0.2, 0.25) is 0 Å². The molecule has 134 valence electrons. The number of carbonyl (C=O) groups is 1. The number of pyridine rings is 1. The highest BCUT2D eigenvalue weighted by Gasteiger charge is 2.36. The van der Waals surface area contributed by atoms with Crippen LogP contribution in [-0.4, -0.2) is 17.6 Å². The summed E-state index contributed by atoms with van der Waals surface area (Å²) in [6, 6.07) is 23.5. The van der Waals surface area contributed by atoms with E-state index in [1.165, 1.54) is 0 Å². The molecular formula is C23H20N2O2. The van der Waals surface area contributed by atoms with Crippen molar-refractivity contribution in [2.75, 3.05) is 6.54 Å². The molecule has 0 aliphatic carbocycles. The first-order valence-electron chi connectivity index (χ1n) is 8.65. The Morgan fingerprint density at radius 2 is 1.56 bits per heavy atom. The summed E-state index contributed by atoms with van der Waals surface area (Å²) in [6.07, 6.45) is 3.16. The molecule has 0 bridgehead atoms. The molecule has 1 aliphatic heterocycles. The average Bonchev–Trinajstić information content (AvgIpc) is 3.09. The fraction of sp³-hybridized carbons (Fsp3) is 0.130. The van der Waals surface area contributed by atoms with Gasteiger partial charge in [-0.25, -0.2) is 4.79 Å². The van der Waals surface area contributed by atoms with Crippen molar-refractivity contribution in [2.45, 2.75) is 12.5 Å². The summed E-state index contributed by atoms with van der Waals surface area (Å²) < 4.78 is 5.18. The third-order valence-corrected chi connectivity index (χ3v) is 4.06. The number of nitrogens with zero attached hydrogens (tertiary/aromatic N) is 1. The van der Waals surface area contributed by atoms with Crippen molar-refractivity contribution < 1.29 is 9.53 Å². The van der Waals surface area contributed by atoms with Gasteiger partial charge in [-0.05, 0) is 36.8 Å². The van der Waals surface area contributed by atoms with Crippen molar-refractivity contribution >= 4 is 6.09 Å². The Morgan fingerprint density at radius 3 is 2.15 bits per heavy atom. The number of benzene rings is 2. The van der Waals surface area contributed by atoms with Crippen LogP contribution in [0.2, 0.25) is 0 Å². The van der Waals surface area contributed by atoms with Crippen molar-refractivity contribution in [1.29, 1.82) is 0 Å². The molecule has 3 aromatic rings. The van der Waals surface area contributed by atoms with Crippen LogP contribution in [0.3, 0.4) is 0 Å². The molecule has 0 radical (unpaired) electrons. The van der Waals surface area contributed by atoms with Gasteiger partial charge < -0.3 is 10.1 Å². The summed E-state index contributed by atoms with van der Waals surface area (Å²) in [4.78, 5) is 14.9. The van der Waals surface area contributed by atoms with Crippen LogP contribution < -0.4 is 5.32 Å². The molecule has 1 aromatic heterocycles. The van der Waals surface area contributed by atoms with Crippen LogP contribution in [0, 0.1) is 11.8 Å². The van der Waals surface area contributed by atoms with Crippen LogP contribution in [0.4, 0.5) is 4.79 Å². The number of cyclic esters (lactones) is 1. The maximum Gasteiger partial charge on any atom is 0.408 e. The number of ether oxygens (including phenoxy) is 1. The Balaban J connectivity index is 0.000000156. The van der Waals surface area contributed by atoms with Gasteiger partial charge in [0, 0.05) is 23.5 Å². The van der Waals surface area contributed by atoms with Crippen molar-refractivity contribution in [3.05, 3.63) is 102 Å². The first-order chi connectivity index (χ1) is 13.2. The Labute approximate surface area is 159 Å². The van der Waals surface area contributed by atoms with E-state index in [1.54, 1.807) is 12.4 Å². The lowest BCUT2D eigenvalue weighted by Gasteiger charge is -2.20. The molecule has 1 amide bonds. The van der Waals surface area contributed by atoms with E-state index in [0.29, 0.717) is 6.54 Å². The Kier molecular flexibility index (Phi) is 5.86. The maximum absolute atomic E-state index is 10.9. The summed E-state index contributed by atoms with van der Waals surface area (Å²) in [5.41, 5.74) is 2.49. The minimum Gasteiger partial charge on any atom is -0.436 e. The van der Waals surface area contributed by atoms with Crippen molar-refractivity contribution in [2.24, 2.45) is 0 Å². The van der Waals surface area contributed by atoms with Gasteiger partial charge in [-0.1, -0.05) is 60.4 Å². The molecular weight excluding hydrogens is 336 g/mol. The molecule has 1 aliphatic rings. The van der Waals surface area contributed by atoms with Crippen LogP contribution in [-0.2, 0) is 10.3 Å². The standard InChI is InChI=1S/C13H9N.C10H11NO2/c1-2-5-12(6-3-1)8-9-13-7-4-10-14-11-13;1-10(7-11-9(12)13-10)8-5-3-2-4-6-8/h1-7,10-11H;2-6H,7H2,1H3,(H,11,12)/t;10-/m.1/s1. The molecule has 0 spiro atoms. The zero-order chi connectivity index (χ0) is 19.0. The SMILES string of the molecule is C(#Cc1cccnc1)c1ccccc1.C[C@]1(c2ccccc2)CNC(=O)O1. The van der Waals surface area contributed by atoms with Crippen LogP contribution in [0.25, 0.3) is 0 Å². The lowest BCUT2D eigenvalue weighted by atomic mass is 9.97. The van der Waals surface area contributed by atoms with Crippen LogP contribution >= 0.6 is 0 Å². The zero-order valence-electron chi connectivity index (χ0n) is 15.1. The second-order valence-electron chi connectivity index (χ2n) is 6.20. The summed E-state index contributed by atoms with van der Waals surface area (Å²) in [7, 11) is 0. The van der Waals surface area contributed by atoms with E-state index < -0.39 is 5.60 Å². The number of rotatable bonds is 1. The molecule has 1 atom stereocenters. The monoisotopic (exact) mass is 356 g/mol. The zero-order valence-corrected chi connectivity index (χ0v) is 15.1. The van der Waals surface area contributed by atoms with E-state index in [-0.39, 0.29) is 6.09 Å². The van der Waals surface area contributed by atoms with Gasteiger partial charge in [-0.2, -0.15) is 0 Å². The molecule has 1 N–H and O–H groups in total. The first-order valence-corrected chi connectivity index (χ1v) is 8.65. The first kappa shape index (κ1) is 18.2. The highest BCUT2D eigenvalue weighted by molar-refractivity contribution is 5.70. The van der Waals surface area contributed by atoms with Gasteiger partial charge in [-0.15, -0.1) is 0 Å². The second kappa shape index (κ2) is 8.68. The molecule has 4 heteroatoms. The molecule has 27 heavy (non-hydrogen) atoms. The molecule has 2 heterocycles. The van der Waals surface area contributed by atoms with Crippen molar-refractivity contribution in [1.82, 2.24) is 10.3 Å². The predicted molar refractivity (Wildman–Crippen MR) is 105 cm³/mol. The topological polar surface area (TPSA) is 51.2 Å². The number of carbonyl (C=O) groups excluding carboxylic acids is 1. The van der Waals surface area contributed by atoms with E-state index in [2.05, 4.69) is 22.1 Å². The largest absolute Gasteiger partial charge is 0.436 e. The number of aromatic nitrogens is 1. The maximum atomic E-state index is 10.9. The van der Waals surface area contributed by atoms with Crippen LogP contribution in [0.5, 0.6) is 0 Å². The van der Waals surface area contributed by atoms with Gasteiger partial charge in [0.25, 0.3) is 0 Å². The van der Waals surface area contributed by atoms with Gasteiger partial charge in [0.1, 0.15) is 0 Å². The highest BCUT2D eigenvalue weighted by Crippen LogP contribution is 2.27. The third kappa shape index (κ3) is 5.20. The van der Waals surface area contributed by atoms with Gasteiger partial charge in [0.05, 0.1) is 6.54 Å². The molecule has 1 saturated heterocycles. The summed E-state index contributed by atoms with van der Waals surface area (Å²) in [6.45, 7) is 2.44. The van der Waals surface area contributed by atoms with Crippen molar-refractivity contribution in [3.63, 3.8) is 0 Å². The molecule has 2 aromatic carbocycles. The molecule has 4 nitrogen and oxygen atoms in total. The van der Waals surface area contributed by atoms with E-state index in [4.69, 9.17) is 4.74 Å². The molecule has 4 rings (SSSR count). The molecule has 0 saturated carbocycles. The van der Waals surface area contributed by atoms with E-state index in [0.717, 1.165) is 16.7 Å².